The first-order chi connectivity index (χ1) is 9.57. The highest BCUT2D eigenvalue weighted by Crippen LogP contribution is 2.67. The lowest BCUT2D eigenvalue weighted by molar-refractivity contribution is 0.0954. The average Bonchev–Trinajstić information content (AvgIpc) is 2.61. The molecule has 0 unspecified atom stereocenters. The highest BCUT2D eigenvalue weighted by Gasteiger charge is 2.64. The van der Waals surface area contributed by atoms with Gasteiger partial charge in [0.2, 0.25) is 0 Å². The number of hydrogen-bond donors (Lipinski definition) is 3. The number of aromatic nitrogens is 1. The van der Waals surface area contributed by atoms with Crippen molar-refractivity contribution < 1.29 is 4.79 Å². The Morgan fingerprint density at radius 2 is 1.90 bits per heavy atom. The lowest BCUT2D eigenvalue weighted by atomic mass is 10.0. The molecule has 0 atom stereocenters. The molecule has 0 spiro atoms. The van der Waals surface area contributed by atoms with Crippen LogP contribution in [0.25, 0.3) is 0 Å². The number of anilines is 2. The minimum Gasteiger partial charge on any atom is -0.382 e. The zero-order chi connectivity index (χ0) is 16.0. The lowest BCUT2D eigenvalue weighted by Crippen LogP contribution is -2.27. The number of hydrogen-bond acceptors (Lipinski definition) is 5. The summed E-state index contributed by atoms with van der Waals surface area (Å²) in [7, 11) is 0. The smallest absolute Gasteiger partial charge is 0.265 e. The maximum absolute atomic E-state index is 12.3. The Morgan fingerprint density at radius 1 is 1.33 bits per heavy atom. The second-order valence-corrected chi connectivity index (χ2v) is 8.24. The molecule has 21 heavy (non-hydrogen) atoms. The van der Waals surface area contributed by atoms with Crippen molar-refractivity contribution in [1.82, 2.24) is 10.3 Å². The molecule has 0 saturated heterocycles. The molecule has 118 valence electrons. The first kappa shape index (κ1) is 16.1. The van der Waals surface area contributed by atoms with Gasteiger partial charge in [-0.3, -0.25) is 4.79 Å². The molecule has 1 aliphatic carbocycles. The summed E-state index contributed by atoms with van der Waals surface area (Å²) < 4.78 is 0. The van der Waals surface area contributed by atoms with Crippen molar-refractivity contribution >= 4 is 28.2 Å². The van der Waals surface area contributed by atoms with Gasteiger partial charge in [0.25, 0.3) is 5.91 Å². The molecular weight excluding hydrogens is 284 g/mol. The topological polar surface area (TPSA) is 80.0 Å². The van der Waals surface area contributed by atoms with E-state index in [-0.39, 0.29) is 22.8 Å². The predicted octanol–water partition coefficient (Wildman–Crippen LogP) is 2.96. The summed E-state index contributed by atoms with van der Waals surface area (Å²) in [5, 5.41) is 6.87. The van der Waals surface area contributed by atoms with E-state index < -0.39 is 0 Å². The monoisotopic (exact) mass is 310 g/mol. The van der Waals surface area contributed by atoms with E-state index in [9.17, 15) is 4.79 Å². The number of nitrogen functional groups attached to an aromatic ring is 1. The Kier molecular flexibility index (Phi) is 3.95. The van der Waals surface area contributed by atoms with Crippen molar-refractivity contribution in [2.24, 2.45) is 16.7 Å². The van der Waals surface area contributed by atoms with E-state index in [4.69, 9.17) is 5.73 Å². The quantitative estimate of drug-likeness (QED) is 0.781. The Balaban J connectivity index is 1.97. The van der Waals surface area contributed by atoms with E-state index in [1.165, 1.54) is 11.3 Å². The van der Waals surface area contributed by atoms with Crippen LogP contribution >= 0.6 is 11.3 Å². The molecular formula is C15H26N4OS. The number of thiazole rings is 1. The fourth-order valence-corrected chi connectivity index (χ4v) is 3.87. The molecule has 1 heterocycles. The van der Waals surface area contributed by atoms with Gasteiger partial charge in [-0.15, -0.1) is 0 Å². The predicted molar refractivity (Wildman–Crippen MR) is 88.7 cm³/mol. The van der Waals surface area contributed by atoms with E-state index >= 15 is 0 Å². The Morgan fingerprint density at radius 3 is 2.38 bits per heavy atom. The Labute approximate surface area is 130 Å². The summed E-state index contributed by atoms with van der Waals surface area (Å²) in [6.45, 7) is 13.7. The molecule has 1 aromatic heterocycles. The number of nitrogens with two attached hydrogens (primary N) is 1. The molecule has 1 fully saturated rings. The molecule has 0 aromatic carbocycles. The van der Waals surface area contributed by atoms with Crippen molar-refractivity contribution in [3.05, 3.63) is 4.88 Å². The van der Waals surface area contributed by atoms with Crippen molar-refractivity contribution in [1.29, 1.82) is 0 Å². The Hall–Kier alpha value is -1.30. The van der Waals surface area contributed by atoms with Gasteiger partial charge in [0.05, 0.1) is 0 Å². The largest absolute Gasteiger partial charge is 0.382 e. The van der Waals surface area contributed by atoms with Gasteiger partial charge in [0.15, 0.2) is 5.13 Å². The summed E-state index contributed by atoms with van der Waals surface area (Å²) in [5.74, 6) is 0.673. The van der Waals surface area contributed by atoms with Gasteiger partial charge < -0.3 is 16.4 Å². The number of carbonyl (C=O) groups is 1. The van der Waals surface area contributed by atoms with Gasteiger partial charge in [0, 0.05) is 12.6 Å². The van der Waals surface area contributed by atoms with E-state index in [0.29, 0.717) is 28.3 Å². The third-order valence-electron chi connectivity index (χ3n) is 5.06. The van der Waals surface area contributed by atoms with Crippen LogP contribution in [0.1, 0.15) is 51.2 Å². The summed E-state index contributed by atoms with van der Waals surface area (Å²) in [5.41, 5.74) is 6.38. The van der Waals surface area contributed by atoms with Gasteiger partial charge in [-0.2, -0.15) is 0 Å². The number of carbonyl (C=O) groups excluding carboxylic acids is 1. The zero-order valence-electron chi connectivity index (χ0n) is 13.7. The summed E-state index contributed by atoms with van der Waals surface area (Å²) in [6, 6.07) is 0.263. The number of nitrogens with zero attached hydrogens (tertiary/aromatic N) is 1. The SMILES string of the molecule is CC(C)Nc1nc(N)c(C(=O)NCC2C(C)(C)C2(C)C)s1. The normalized spacial score (nSPS) is 19.6. The van der Waals surface area contributed by atoms with Crippen LogP contribution in [0.5, 0.6) is 0 Å². The molecule has 0 radical (unpaired) electrons. The van der Waals surface area contributed by atoms with Gasteiger partial charge in [-0.25, -0.2) is 4.98 Å². The summed E-state index contributed by atoms with van der Waals surface area (Å²) in [4.78, 5) is 17.0. The lowest BCUT2D eigenvalue weighted by Gasteiger charge is -2.05. The highest BCUT2D eigenvalue weighted by molar-refractivity contribution is 7.18. The van der Waals surface area contributed by atoms with Crippen LogP contribution in [0.15, 0.2) is 0 Å². The molecule has 0 bridgehead atoms. The molecule has 6 heteroatoms. The van der Waals surface area contributed by atoms with Crippen LogP contribution in [0, 0.1) is 16.7 Å². The van der Waals surface area contributed by atoms with Crippen LogP contribution in [-0.4, -0.2) is 23.5 Å². The minimum absolute atomic E-state index is 0.125. The molecule has 1 aliphatic rings. The Bertz CT molecular complexity index is 534. The maximum Gasteiger partial charge on any atom is 0.265 e. The molecule has 4 N–H and O–H groups in total. The van der Waals surface area contributed by atoms with E-state index in [2.05, 4.69) is 43.3 Å². The molecule has 0 aliphatic heterocycles. The van der Waals surface area contributed by atoms with Crippen LogP contribution < -0.4 is 16.4 Å². The van der Waals surface area contributed by atoms with E-state index in [1.54, 1.807) is 0 Å². The first-order valence-electron chi connectivity index (χ1n) is 7.38. The number of nitrogens with one attached hydrogen (secondary N) is 2. The summed E-state index contributed by atoms with van der Waals surface area (Å²) in [6.07, 6.45) is 0. The van der Waals surface area contributed by atoms with E-state index in [1.807, 2.05) is 13.8 Å². The summed E-state index contributed by atoms with van der Waals surface area (Å²) >= 11 is 1.31. The van der Waals surface area contributed by atoms with Gasteiger partial charge in [-0.1, -0.05) is 39.0 Å². The van der Waals surface area contributed by atoms with Crippen LogP contribution in [0.4, 0.5) is 10.9 Å². The second kappa shape index (κ2) is 5.16. The third-order valence-corrected chi connectivity index (χ3v) is 6.06. The average molecular weight is 310 g/mol. The molecule has 5 nitrogen and oxygen atoms in total. The van der Waals surface area contributed by atoms with Gasteiger partial charge >= 0.3 is 0 Å². The van der Waals surface area contributed by atoms with Crippen LogP contribution in [-0.2, 0) is 0 Å². The second-order valence-electron chi connectivity index (χ2n) is 7.24. The minimum atomic E-state index is -0.125. The standard InChI is InChI=1S/C15H26N4OS/c1-8(2)18-13-19-11(16)10(21-13)12(20)17-7-9-14(3,4)15(9,5)6/h8-9H,7,16H2,1-6H3,(H,17,20)(H,18,19). The maximum atomic E-state index is 12.3. The van der Waals surface area contributed by atoms with Gasteiger partial charge in [-0.05, 0) is 30.6 Å². The van der Waals surface area contributed by atoms with Gasteiger partial charge in [0.1, 0.15) is 10.7 Å². The molecule has 1 saturated carbocycles. The van der Waals surface area contributed by atoms with Crippen molar-refractivity contribution in [3.63, 3.8) is 0 Å². The van der Waals surface area contributed by atoms with E-state index in [0.717, 1.165) is 0 Å². The number of amides is 1. The number of rotatable bonds is 5. The van der Waals surface area contributed by atoms with Crippen LogP contribution in [0.2, 0.25) is 0 Å². The van der Waals surface area contributed by atoms with Crippen molar-refractivity contribution in [2.75, 3.05) is 17.6 Å². The fraction of sp³-hybridized carbons (Fsp3) is 0.733. The molecule has 1 amide bonds. The highest BCUT2D eigenvalue weighted by atomic mass is 32.1. The van der Waals surface area contributed by atoms with Crippen LogP contribution in [0.3, 0.4) is 0 Å². The molecule has 1 aromatic rings. The first-order valence-corrected chi connectivity index (χ1v) is 8.20. The fourth-order valence-electron chi connectivity index (χ4n) is 2.92. The van der Waals surface area contributed by atoms with Crippen molar-refractivity contribution in [3.8, 4) is 0 Å². The third kappa shape index (κ3) is 2.86. The van der Waals surface area contributed by atoms with Crippen molar-refractivity contribution in [2.45, 2.75) is 47.6 Å². The molecule has 2 rings (SSSR count). The zero-order valence-corrected chi connectivity index (χ0v) is 14.5.